The summed E-state index contributed by atoms with van der Waals surface area (Å²) in [7, 11) is 0. The Hall–Kier alpha value is -1.81. The number of hydrogen-bond acceptors (Lipinski definition) is 2. The fourth-order valence-electron chi connectivity index (χ4n) is 2.09. The maximum Gasteiger partial charge on any atom is 0.258 e. The Morgan fingerprint density at radius 1 is 1.17 bits per heavy atom. The Kier molecular flexibility index (Phi) is 6.22. The van der Waals surface area contributed by atoms with Gasteiger partial charge >= 0.3 is 0 Å². The first-order valence-electron chi connectivity index (χ1n) is 7.70. The van der Waals surface area contributed by atoms with E-state index >= 15 is 0 Å². The standard InChI is InChI=1S/C19H22BrNO2/c1-13(2)16-8-9-18(17(20)10-16)23-12-19(22)21-11-15-6-4-14(3)5-7-15/h4-10,13H,11-12H2,1-3H3,(H,21,22). The van der Waals surface area contributed by atoms with Gasteiger partial charge in [-0.15, -0.1) is 0 Å². The van der Waals surface area contributed by atoms with Crippen LogP contribution < -0.4 is 10.1 Å². The third-order valence-corrected chi connectivity index (χ3v) is 4.21. The molecule has 3 nitrogen and oxygen atoms in total. The summed E-state index contributed by atoms with van der Waals surface area (Å²) in [5.74, 6) is 1.00. The van der Waals surface area contributed by atoms with Crippen LogP contribution in [0.2, 0.25) is 0 Å². The van der Waals surface area contributed by atoms with Gasteiger partial charge < -0.3 is 10.1 Å². The third-order valence-electron chi connectivity index (χ3n) is 3.59. The normalized spacial score (nSPS) is 10.7. The molecule has 2 rings (SSSR count). The van der Waals surface area contributed by atoms with Crippen molar-refractivity contribution in [3.05, 3.63) is 63.6 Å². The summed E-state index contributed by atoms with van der Waals surface area (Å²) in [6.45, 7) is 6.84. The number of carbonyl (C=O) groups is 1. The lowest BCUT2D eigenvalue weighted by Crippen LogP contribution is -2.28. The number of ether oxygens (including phenoxy) is 1. The van der Waals surface area contributed by atoms with E-state index in [1.807, 2.05) is 49.4 Å². The molecule has 0 heterocycles. The first kappa shape index (κ1) is 17.5. The maximum absolute atomic E-state index is 11.9. The Morgan fingerprint density at radius 2 is 1.87 bits per heavy atom. The molecule has 1 amide bonds. The van der Waals surface area contributed by atoms with E-state index in [9.17, 15) is 4.79 Å². The van der Waals surface area contributed by atoms with Crippen LogP contribution in [0.5, 0.6) is 5.75 Å². The van der Waals surface area contributed by atoms with Crippen LogP contribution in [0, 0.1) is 6.92 Å². The van der Waals surface area contributed by atoms with Crippen molar-refractivity contribution in [2.75, 3.05) is 6.61 Å². The molecular weight excluding hydrogens is 354 g/mol. The largest absolute Gasteiger partial charge is 0.483 e. The number of amides is 1. The molecule has 23 heavy (non-hydrogen) atoms. The van der Waals surface area contributed by atoms with Crippen LogP contribution in [0.25, 0.3) is 0 Å². The van der Waals surface area contributed by atoms with Crippen LogP contribution in [0.15, 0.2) is 46.9 Å². The van der Waals surface area contributed by atoms with E-state index in [2.05, 4.69) is 35.1 Å². The van der Waals surface area contributed by atoms with E-state index in [1.165, 1.54) is 11.1 Å². The van der Waals surface area contributed by atoms with Gasteiger partial charge in [0.1, 0.15) is 5.75 Å². The molecule has 0 bridgehead atoms. The summed E-state index contributed by atoms with van der Waals surface area (Å²) in [6.07, 6.45) is 0. The highest BCUT2D eigenvalue weighted by atomic mass is 79.9. The number of benzene rings is 2. The van der Waals surface area contributed by atoms with E-state index in [0.717, 1.165) is 10.0 Å². The molecule has 0 unspecified atom stereocenters. The highest BCUT2D eigenvalue weighted by Gasteiger charge is 2.08. The van der Waals surface area contributed by atoms with Crippen LogP contribution in [0.1, 0.15) is 36.5 Å². The molecule has 1 N–H and O–H groups in total. The van der Waals surface area contributed by atoms with Crippen molar-refractivity contribution in [1.82, 2.24) is 5.32 Å². The lowest BCUT2D eigenvalue weighted by Gasteiger charge is -2.11. The third kappa shape index (κ3) is 5.39. The van der Waals surface area contributed by atoms with Crippen LogP contribution in [-0.2, 0) is 11.3 Å². The second-order valence-corrected chi connectivity index (χ2v) is 6.75. The molecule has 0 radical (unpaired) electrons. The summed E-state index contributed by atoms with van der Waals surface area (Å²) in [5.41, 5.74) is 3.51. The molecule has 4 heteroatoms. The topological polar surface area (TPSA) is 38.3 Å². The molecule has 0 aliphatic carbocycles. The maximum atomic E-state index is 11.9. The molecule has 0 spiro atoms. The second-order valence-electron chi connectivity index (χ2n) is 5.90. The van der Waals surface area contributed by atoms with Gasteiger partial charge in [0.15, 0.2) is 6.61 Å². The Balaban J connectivity index is 1.83. The first-order chi connectivity index (χ1) is 11.0. The Morgan fingerprint density at radius 3 is 2.48 bits per heavy atom. The summed E-state index contributed by atoms with van der Waals surface area (Å²) in [6, 6.07) is 14.0. The number of carbonyl (C=O) groups excluding carboxylic acids is 1. The van der Waals surface area contributed by atoms with Crippen LogP contribution in [0.3, 0.4) is 0 Å². The molecule has 0 saturated carbocycles. The van der Waals surface area contributed by atoms with Crippen molar-refractivity contribution in [3.63, 3.8) is 0 Å². The number of halogens is 1. The van der Waals surface area contributed by atoms with Gasteiger partial charge in [-0.1, -0.05) is 49.7 Å². The molecular formula is C19H22BrNO2. The van der Waals surface area contributed by atoms with Crippen LogP contribution >= 0.6 is 15.9 Å². The van der Waals surface area contributed by atoms with E-state index in [1.54, 1.807) is 0 Å². The molecule has 122 valence electrons. The minimum atomic E-state index is -0.134. The number of aryl methyl sites for hydroxylation is 1. The smallest absolute Gasteiger partial charge is 0.258 e. The van der Waals surface area contributed by atoms with Crippen molar-refractivity contribution in [2.45, 2.75) is 33.2 Å². The summed E-state index contributed by atoms with van der Waals surface area (Å²) < 4.78 is 6.45. The fraction of sp³-hybridized carbons (Fsp3) is 0.316. The van der Waals surface area contributed by atoms with Crippen molar-refractivity contribution in [3.8, 4) is 5.75 Å². The van der Waals surface area contributed by atoms with Gasteiger partial charge in [-0.3, -0.25) is 4.79 Å². The highest BCUT2D eigenvalue weighted by molar-refractivity contribution is 9.10. The van der Waals surface area contributed by atoms with Crippen LogP contribution in [0.4, 0.5) is 0 Å². The van der Waals surface area contributed by atoms with Gasteiger partial charge in [-0.25, -0.2) is 0 Å². The van der Waals surface area contributed by atoms with Crippen molar-refractivity contribution >= 4 is 21.8 Å². The van der Waals surface area contributed by atoms with Gasteiger partial charge in [-0.05, 0) is 52.0 Å². The van der Waals surface area contributed by atoms with Gasteiger partial charge in [0, 0.05) is 6.54 Å². The highest BCUT2D eigenvalue weighted by Crippen LogP contribution is 2.28. The summed E-state index contributed by atoms with van der Waals surface area (Å²) >= 11 is 3.49. The molecule has 0 fully saturated rings. The predicted molar refractivity (Wildman–Crippen MR) is 96.8 cm³/mol. The van der Waals surface area contributed by atoms with E-state index < -0.39 is 0 Å². The molecule has 0 aliphatic rings. The quantitative estimate of drug-likeness (QED) is 0.802. The minimum Gasteiger partial charge on any atom is -0.483 e. The zero-order valence-corrected chi connectivity index (χ0v) is 15.3. The zero-order valence-electron chi connectivity index (χ0n) is 13.7. The van der Waals surface area contributed by atoms with Crippen molar-refractivity contribution < 1.29 is 9.53 Å². The SMILES string of the molecule is Cc1ccc(CNC(=O)COc2ccc(C(C)C)cc2Br)cc1. The fourth-order valence-corrected chi connectivity index (χ4v) is 2.61. The molecule has 0 aliphatic heterocycles. The summed E-state index contributed by atoms with van der Waals surface area (Å²) in [5, 5.41) is 2.86. The average molecular weight is 376 g/mol. The molecule has 0 atom stereocenters. The number of nitrogens with one attached hydrogen (secondary N) is 1. The second kappa shape index (κ2) is 8.16. The minimum absolute atomic E-state index is 0.00544. The van der Waals surface area contributed by atoms with Crippen molar-refractivity contribution in [2.24, 2.45) is 0 Å². The Labute approximate surface area is 146 Å². The number of rotatable bonds is 6. The molecule has 2 aromatic rings. The lowest BCUT2D eigenvalue weighted by atomic mass is 10.0. The monoisotopic (exact) mass is 375 g/mol. The predicted octanol–water partition coefficient (Wildman–Crippen LogP) is 4.58. The van der Waals surface area contributed by atoms with E-state index in [4.69, 9.17) is 4.74 Å². The van der Waals surface area contributed by atoms with Gasteiger partial charge in [0.05, 0.1) is 4.47 Å². The van der Waals surface area contributed by atoms with E-state index in [-0.39, 0.29) is 12.5 Å². The van der Waals surface area contributed by atoms with Crippen LogP contribution in [-0.4, -0.2) is 12.5 Å². The molecule has 2 aromatic carbocycles. The lowest BCUT2D eigenvalue weighted by molar-refractivity contribution is -0.123. The molecule has 0 saturated heterocycles. The summed E-state index contributed by atoms with van der Waals surface area (Å²) in [4.78, 5) is 11.9. The Bertz CT molecular complexity index is 666. The van der Waals surface area contributed by atoms with Crippen molar-refractivity contribution in [1.29, 1.82) is 0 Å². The number of hydrogen-bond donors (Lipinski definition) is 1. The first-order valence-corrected chi connectivity index (χ1v) is 8.49. The van der Waals surface area contributed by atoms with Gasteiger partial charge in [-0.2, -0.15) is 0 Å². The van der Waals surface area contributed by atoms with Gasteiger partial charge in [0.2, 0.25) is 0 Å². The molecule has 0 aromatic heterocycles. The average Bonchev–Trinajstić information content (AvgIpc) is 2.53. The zero-order chi connectivity index (χ0) is 16.8. The van der Waals surface area contributed by atoms with Gasteiger partial charge in [0.25, 0.3) is 5.91 Å². The van der Waals surface area contributed by atoms with E-state index in [0.29, 0.717) is 18.2 Å².